The Labute approximate surface area is 203 Å². The van der Waals surface area contributed by atoms with Crippen molar-refractivity contribution in [3.63, 3.8) is 0 Å². The number of nitrogens with one attached hydrogen (secondary N) is 1. The zero-order chi connectivity index (χ0) is 25.2. The van der Waals surface area contributed by atoms with Gasteiger partial charge in [0, 0.05) is 37.9 Å². The average molecular weight is 494 g/mol. The Morgan fingerprint density at radius 2 is 1.54 bits per heavy atom. The third-order valence-corrected chi connectivity index (χ3v) is 9.21. The number of benzene rings is 1. The number of amides is 1. The summed E-state index contributed by atoms with van der Waals surface area (Å²) in [7, 11) is 0. The number of anilines is 1. The molecule has 1 aromatic rings. The number of carboxylic acid groups (broad SMARTS) is 1. The van der Waals surface area contributed by atoms with Crippen molar-refractivity contribution in [2.45, 2.75) is 63.7 Å². The number of piperazine rings is 1. The van der Waals surface area contributed by atoms with Gasteiger partial charge in [0.15, 0.2) is 0 Å². The molecule has 6 nitrogen and oxygen atoms in total. The van der Waals surface area contributed by atoms with Gasteiger partial charge in [-0.15, -0.1) is 0 Å². The summed E-state index contributed by atoms with van der Waals surface area (Å²) in [5, 5.41) is 13.2. The Bertz CT molecular complexity index is 970. The van der Waals surface area contributed by atoms with Crippen LogP contribution in [0.2, 0.25) is 0 Å². The van der Waals surface area contributed by atoms with Crippen molar-refractivity contribution in [2.24, 2.45) is 23.2 Å². The monoisotopic (exact) mass is 493 g/mol. The van der Waals surface area contributed by atoms with Gasteiger partial charge >= 0.3 is 12.1 Å². The van der Waals surface area contributed by atoms with Crippen LogP contribution in [0.25, 0.3) is 0 Å². The molecular formula is C26H34F3N3O3. The minimum atomic E-state index is -4.35. The second-order valence-electron chi connectivity index (χ2n) is 11.6. The Morgan fingerprint density at radius 1 is 0.971 bits per heavy atom. The number of hydrogen-bond donors (Lipinski definition) is 2. The summed E-state index contributed by atoms with van der Waals surface area (Å²) >= 11 is 0. The van der Waals surface area contributed by atoms with E-state index in [1.54, 1.807) is 0 Å². The highest BCUT2D eigenvalue weighted by atomic mass is 19.4. The van der Waals surface area contributed by atoms with Crippen LogP contribution in [-0.4, -0.2) is 59.6 Å². The predicted octanol–water partition coefficient (Wildman–Crippen LogP) is 4.00. The van der Waals surface area contributed by atoms with Crippen LogP contribution in [0.3, 0.4) is 0 Å². The second kappa shape index (κ2) is 8.39. The van der Waals surface area contributed by atoms with E-state index in [0.29, 0.717) is 44.9 Å². The van der Waals surface area contributed by atoms with Crippen molar-refractivity contribution < 1.29 is 27.9 Å². The molecule has 4 aliphatic carbocycles. The molecule has 5 aliphatic rings. The summed E-state index contributed by atoms with van der Waals surface area (Å²) in [6, 6.07) is 5.27. The largest absolute Gasteiger partial charge is 0.481 e. The smallest absolute Gasteiger partial charge is 0.416 e. The normalized spacial score (nSPS) is 33.1. The molecule has 0 spiro atoms. The standard InChI is InChI=1S/C26H34F3N3O3/c1-24(2,32-9-7-31(8-10-32)20-5-3-19(4-6-20)26(27,28)29)22(33)30-21-17-11-16-12-18(21)15-25(13-16,14-17)23(34)35/h3-6,16-18,21H,7-15H2,1-2H3,(H,30,33)(H,34,35). The molecule has 0 radical (unpaired) electrons. The van der Waals surface area contributed by atoms with Gasteiger partial charge in [0.2, 0.25) is 5.91 Å². The quantitative estimate of drug-likeness (QED) is 0.649. The van der Waals surface area contributed by atoms with Crippen molar-refractivity contribution in [3.8, 4) is 0 Å². The lowest BCUT2D eigenvalue weighted by atomic mass is 9.48. The number of halogens is 3. The van der Waals surface area contributed by atoms with Crippen LogP contribution in [0.5, 0.6) is 0 Å². The number of hydrogen-bond acceptors (Lipinski definition) is 4. The first-order valence-electron chi connectivity index (χ1n) is 12.6. The van der Waals surface area contributed by atoms with E-state index in [-0.39, 0.29) is 23.8 Å². The Hall–Kier alpha value is -2.29. The van der Waals surface area contributed by atoms with Crippen LogP contribution in [0, 0.1) is 23.2 Å². The predicted molar refractivity (Wildman–Crippen MR) is 125 cm³/mol. The number of alkyl halides is 3. The molecule has 0 aromatic heterocycles. The summed E-state index contributed by atoms with van der Waals surface area (Å²) in [4.78, 5) is 29.6. The molecule has 1 amide bonds. The zero-order valence-electron chi connectivity index (χ0n) is 20.3. The van der Waals surface area contributed by atoms with Gasteiger partial charge in [0.05, 0.1) is 16.5 Å². The summed E-state index contributed by atoms with van der Waals surface area (Å²) in [5.74, 6) is 0.223. The van der Waals surface area contributed by atoms with Crippen molar-refractivity contribution in [1.29, 1.82) is 0 Å². The van der Waals surface area contributed by atoms with Gasteiger partial charge in [-0.3, -0.25) is 14.5 Å². The van der Waals surface area contributed by atoms with Crippen LogP contribution in [0.1, 0.15) is 51.5 Å². The molecule has 2 atom stereocenters. The fourth-order valence-corrected chi connectivity index (χ4v) is 7.38. The molecule has 2 N–H and O–H groups in total. The van der Waals surface area contributed by atoms with Gasteiger partial charge in [-0.25, -0.2) is 0 Å². The fourth-order valence-electron chi connectivity index (χ4n) is 7.38. The van der Waals surface area contributed by atoms with E-state index in [0.717, 1.165) is 37.1 Å². The van der Waals surface area contributed by atoms with E-state index in [4.69, 9.17) is 0 Å². The molecule has 35 heavy (non-hydrogen) atoms. The highest BCUT2D eigenvalue weighted by Gasteiger charge is 2.59. The van der Waals surface area contributed by atoms with E-state index in [1.165, 1.54) is 12.1 Å². The third kappa shape index (κ3) is 4.30. The zero-order valence-corrected chi connectivity index (χ0v) is 20.3. The number of carbonyl (C=O) groups is 2. The molecule has 1 heterocycles. The Balaban J connectivity index is 1.19. The van der Waals surface area contributed by atoms with Crippen LogP contribution >= 0.6 is 0 Å². The molecular weight excluding hydrogens is 459 g/mol. The number of nitrogens with zero attached hydrogens (tertiary/aromatic N) is 2. The SMILES string of the molecule is CC(C)(C(=O)NC1C2CC3CC1CC(C(=O)O)(C3)C2)N1CCN(c2ccc(C(F)(F)F)cc2)CC1. The molecule has 6 rings (SSSR count). The van der Waals surface area contributed by atoms with Crippen molar-refractivity contribution in [2.75, 3.05) is 31.1 Å². The number of rotatable bonds is 5. The molecule has 9 heteroatoms. The van der Waals surface area contributed by atoms with Crippen LogP contribution < -0.4 is 10.2 Å². The molecule has 1 saturated heterocycles. The second-order valence-corrected chi connectivity index (χ2v) is 11.6. The number of carboxylic acids is 1. The molecule has 1 aliphatic heterocycles. The summed E-state index contributed by atoms with van der Waals surface area (Å²) in [5.41, 5.74) is -1.23. The topological polar surface area (TPSA) is 72.9 Å². The number of carbonyl (C=O) groups excluding carboxylic acids is 1. The minimum Gasteiger partial charge on any atom is -0.481 e. The summed E-state index contributed by atoms with van der Waals surface area (Å²) in [6.07, 6.45) is -0.241. The van der Waals surface area contributed by atoms with Gasteiger partial charge in [-0.05, 0) is 88.0 Å². The van der Waals surface area contributed by atoms with E-state index >= 15 is 0 Å². The Kier molecular flexibility index (Phi) is 5.85. The highest BCUT2D eigenvalue weighted by Crippen LogP contribution is 2.60. The van der Waals surface area contributed by atoms with Crippen LogP contribution in [0.15, 0.2) is 24.3 Å². The Morgan fingerprint density at radius 3 is 2.06 bits per heavy atom. The molecule has 4 bridgehead atoms. The van der Waals surface area contributed by atoms with E-state index < -0.39 is 28.7 Å². The summed E-state index contributed by atoms with van der Waals surface area (Å²) in [6.45, 7) is 6.35. The maximum atomic E-state index is 13.5. The van der Waals surface area contributed by atoms with Gasteiger partial charge < -0.3 is 15.3 Å². The van der Waals surface area contributed by atoms with E-state index in [9.17, 15) is 27.9 Å². The first-order chi connectivity index (χ1) is 16.4. The van der Waals surface area contributed by atoms with E-state index in [2.05, 4.69) is 10.2 Å². The van der Waals surface area contributed by atoms with Gasteiger partial charge in [0.1, 0.15) is 0 Å². The molecule has 4 saturated carbocycles. The molecule has 2 unspecified atom stereocenters. The molecule has 1 aromatic carbocycles. The van der Waals surface area contributed by atoms with Gasteiger partial charge in [0.25, 0.3) is 0 Å². The van der Waals surface area contributed by atoms with Crippen molar-refractivity contribution in [1.82, 2.24) is 10.2 Å². The molecule has 5 fully saturated rings. The first kappa shape index (κ1) is 24.4. The lowest BCUT2D eigenvalue weighted by molar-refractivity contribution is -0.168. The van der Waals surface area contributed by atoms with Crippen molar-refractivity contribution >= 4 is 17.6 Å². The minimum absolute atomic E-state index is 0.0256. The lowest BCUT2D eigenvalue weighted by Crippen LogP contribution is -2.66. The number of aliphatic carboxylic acids is 1. The maximum absolute atomic E-state index is 13.5. The summed E-state index contributed by atoms with van der Waals surface area (Å²) < 4.78 is 38.6. The maximum Gasteiger partial charge on any atom is 0.416 e. The first-order valence-corrected chi connectivity index (χ1v) is 12.6. The fraction of sp³-hybridized carbons (Fsp3) is 0.692. The highest BCUT2D eigenvalue weighted by molar-refractivity contribution is 5.86. The van der Waals surface area contributed by atoms with Crippen molar-refractivity contribution in [3.05, 3.63) is 29.8 Å². The third-order valence-electron chi connectivity index (χ3n) is 9.21. The van der Waals surface area contributed by atoms with Crippen LogP contribution in [0.4, 0.5) is 18.9 Å². The van der Waals surface area contributed by atoms with Gasteiger partial charge in [-0.2, -0.15) is 13.2 Å². The van der Waals surface area contributed by atoms with E-state index in [1.807, 2.05) is 18.7 Å². The van der Waals surface area contributed by atoms with Crippen LogP contribution in [-0.2, 0) is 15.8 Å². The molecule has 192 valence electrons. The lowest BCUT2D eigenvalue weighted by Gasteiger charge is -2.58. The van der Waals surface area contributed by atoms with Gasteiger partial charge in [-0.1, -0.05) is 0 Å². The average Bonchev–Trinajstić information content (AvgIpc) is 2.80.